The monoisotopic (exact) mass is 534 g/mol. The van der Waals surface area contributed by atoms with Gasteiger partial charge in [-0.15, -0.1) is 0 Å². The summed E-state index contributed by atoms with van der Waals surface area (Å²) in [4.78, 5) is 25.4. The summed E-state index contributed by atoms with van der Waals surface area (Å²) in [5.41, 5.74) is -2.52. The number of fused-ring (bicyclic) bond motifs is 4. The number of ether oxygens (including phenoxy) is 7. The van der Waals surface area contributed by atoms with Gasteiger partial charge in [0.15, 0.2) is 28.8 Å². The van der Waals surface area contributed by atoms with Crippen molar-refractivity contribution in [2.24, 2.45) is 5.92 Å². The second-order valence-electron chi connectivity index (χ2n) is 9.47. The molecule has 10 nitrogen and oxygen atoms in total. The molecule has 3 aliphatic rings. The van der Waals surface area contributed by atoms with Crippen LogP contribution in [0.25, 0.3) is 0 Å². The molecule has 0 radical (unpaired) electrons. The molecule has 1 fully saturated rings. The van der Waals surface area contributed by atoms with Gasteiger partial charge in [-0.2, -0.15) is 0 Å². The van der Waals surface area contributed by atoms with E-state index in [2.05, 4.69) is 0 Å². The number of hydrogen-bond donors (Lipinski definition) is 1. The van der Waals surface area contributed by atoms with E-state index in [-0.39, 0.29) is 30.3 Å². The maximum atomic E-state index is 13.5. The van der Waals surface area contributed by atoms with E-state index in [4.69, 9.17) is 33.2 Å². The number of carbonyl (C=O) groups excluding carboxylic acids is 2. The van der Waals surface area contributed by atoms with Crippen molar-refractivity contribution in [1.82, 2.24) is 0 Å². The molecule has 1 saturated carbocycles. The Hall–Kier alpha value is -4.44. The predicted molar refractivity (Wildman–Crippen MR) is 134 cm³/mol. The molecular weight excluding hydrogens is 508 g/mol. The van der Waals surface area contributed by atoms with Crippen LogP contribution in [-0.4, -0.2) is 51.8 Å². The van der Waals surface area contributed by atoms with E-state index in [0.717, 1.165) is 0 Å². The third-order valence-corrected chi connectivity index (χ3v) is 7.88. The Morgan fingerprint density at radius 1 is 0.974 bits per heavy atom. The van der Waals surface area contributed by atoms with Crippen molar-refractivity contribution in [2.75, 3.05) is 28.1 Å². The number of hydrogen-bond acceptors (Lipinski definition) is 10. The first-order valence-corrected chi connectivity index (χ1v) is 12.2. The van der Waals surface area contributed by atoms with Crippen molar-refractivity contribution in [3.63, 3.8) is 0 Å². The highest BCUT2D eigenvalue weighted by molar-refractivity contribution is 5.79. The fraction of sp³-hybridized carbons (Fsp3) is 0.310. The molecule has 3 aromatic rings. The average molecular weight is 535 g/mol. The van der Waals surface area contributed by atoms with Crippen LogP contribution in [0, 0.1) is 5.92 Å². The highest BCUT2D eigenvalue weighted by atomic mass is 16.7. The summed E-state index contributed by atoms with van der Waals surface area (Å²) in [6.07, 6.45) is -1.43. The fourth-order valence-electron chi connectivity index (χ4n) is 6.41. The molecule has 1 unspecified atom stereocenters. The summed E-state index contributed by atoms with van der Waals surface area (Å²) in [7, 11) is 4.18. The maximum Gasteiger partial charge on any atom is 0.313 e. The van der Waals surface area contributed by atoms with Crippen LogP contribution in [0.3, 0.4) is 0 Å². The van der Waals surface area contributed by atoms with Crippen LogP contribution >= 0.6 is 0 Å². The average Bonchev–Trinajstić information content (AvgIpc) is 3.60. The number of aliphatic hydroxyl groups is 1. The van der Waals surface area contributed by atoms with Crippen molar-refractivity contribution in [2.45, 2.75) is 23.2 Å². The third-order valence-electron chi connectivity index (χ3n) is 7.88. The summed E-state index contributed by atoms with van der Waals surface area (Å²) < 4.78 is 40.0. The summed E-state index contributed by atoms with van der Waals surface area (Å²) in [5.74, 6) is -0.897. The van der Waals surface area contributed by atoms with E-state index < -0.39 is 35.1 Å². The van der Waals surface area contributed by atoms with Gasteiger partial charge in [-0.25, -0.2) is 0 Å². The lowest BCUT2D eigenvalue weighted by Crippen LogP contribution is -2.52. The summed E-state index contributed by atoms with van der Waals surface area (Å²) in [6.45, 7) is 0.246. The summed E-state index contributed by atoms with van der Waals surface area (Å²) >= 11 is 0. The van der Waals surface area contributed by atoms with E-state index in [1.807, 2.05) is 30.3 Å². The molecule has 2 aliphatic heterocycles. The lowest BCUT2D eigenvalue weighted by atomic mass is 9.70. The molecule has 39 heavy (non-hydrogen) atoms. The number of carbonyl (C=O) groups is 2. The molecular formula is C29H26O10. The van der Waals surface area contributed by atoms with Crippen LogP contribution in [0.4, 0.5) is 0 Å². The normalized spacial score (nSPS) is 27.6. The van der Waals surface area contributed by atoms with E-state index in [1.165, 1.54) is 21.3 Å². The Morgan fingerprint density at radius 3 is 2.44 bits per heavy atom. The minimum Gasteiger partial charge on any atom is -0.496 e. The van der Waals surface area contributed by atoms with Crippen molar-refractivity contribution in [1.29, 1.82) is 0 Å². The van der Waals surface area contributed by atoms with E-state index >= 15 is 0 Å². The van der Waals surface area contributed by atoms with Crippen LogP contribution in [0.5, 0.6) is 28.7 Å². The van der Waals surface area contributed by atoms with Crippen LogP contribution in [0.1, 0.15) is 22.6 Å². The minimum absolute atomic E-state index is 0.0337. The zero-order chi connectivity index (χ0) is 27.4. The summed E-state index contributed by atoms with van der Waals surface area (Å²) in [5, 5.41) is 13.0. The van der Waals surface area contributed by atoms with Crippen LogP contribution < -0.4 is 23.7 Å². The number of methoxy groups -OCH3 is 3. The molecule has 1 N–H and O–H groups in total. The topological polar surface area (TPSA) is 119 Å². The first kappa shape index (κ1) is 24.9. The number of rotatable bonds is 7. The van der Waals surface area contributed by atoms with Gasteiger partial charge >= 0.3 is 5.97 Å². The quantitative estimate of drug-likeness (QED) is 0.358. The van der Waals surface area contributed by atoms with Crippen molar-refractivity contribution >= 4 is 12.4 Å². The summed E-state index contributed by atoms with van der Waals surface area (Å²) in [6, 6.07) is 17.5. The smallest absolute Gasteiger partial charge is 0.313 e. The van der Waals surface area contributed by atoms with Gasteiger partial charge in [-0.05, 0) is 17.7 Å². The maximum absolute atomic E-state index is 13.5. The first-order valence-electron chi connectivity index (χ1n) is 12.2. The Bertz CT molecular complexity index is 1440. The zero-order valence-electron chi connectivity index (χ0n) is 21.4. The van der Waals surface area contributed by atoms with E-state index in [9.17, 15) is 14.7 Å². The van der Waals surface area contributed by atoms with Gasteiger partial charge in [0.2, 0.25) is 6.79 Å². The molecule has 6 rings (SSSR count). The highest BCUT2D eigenvalue weighted by Crippen LogP contribution is 2.71. The Balaban J connectivity index is 1.74. The van der Waals surface area contributed by atoms with Gasteiger partial charge in [0, 0.05) is 23.6 Å². The molecule has 202 valence electrons. The van der Waals surface area contributed by atoms with Gasteiger partial charge in [0.05, 0.1) is 26.9 Å². The largest absolute Gasteiger partial charge is 0.496 e. The van der Waals surface area contributed by atoms with Gasteiger partial charge in [0.25, 0.3) is 6.47 Å². The molecule has 0 aromatic heterocycles. The zero-order valence-corrected chi connectivity index (χ0v) is 21.4. The van der Waals surface area contributed by atoms with Crippen molar-refractivity contribution in [3.8, 4) is 28.7 Å². The molecule has 0 saturated heterocycles. The van der Waals surface area contributed by atoms with Gasteiger partial charge in [-0.3, -0.25) is 9.59 Å². The molecule has 2 heterocycles. The predicted octanol–water partition coefficient (Wildman–Crippen LogP) is 3.04. The van der Waals surface area contributed by atoms with Crippen LogP contribution in [-0.2, 0) is 30.3 Å². The standard InChI is InChI=1S/C29H26O10/c1-33-18-12-21(34-2)25-22(13-18)39-29(17-9-10-19-20(11-17)38-15-37-19)24(16-7-5-4-6-8-16)23(27(31)35-3)26(36-14-30)28(25,29)32/h4-14,23-24,26,32H,15H2,1-3H3/t23?,24-,26-,28+,29+/m1/s1. The number of esters is 1. The molecule has 5 atom stereocenters. The lowest BCUT2D eigenvalue weighted by Gasteiger charge is -2.40. The SMILES string of the molecule is COC(=O)C1[C@@H](OC=O)[C@@]2(O)c3c(OC)cc(OC)cc3O[C@@]2(c2ccc3c(c2)OCO3)[C@@H]1c1ccccc1. The van der Waals surface area contributed by atoms with Gasteiger partial charge in [-0.1, -0.05) is 36.4 Å². The van der Waals surface area contributed by atoms with Crippen molar-refractivity contribution < 1.29 is 47.9 Å². The minimum atomic E-state index is -2.13. The molecule has 0 amide bonds. The second kappa shape index (κ2) is 9.09. The Morgan fingerprint density at radius 2 is 1.74 bits per heavy atom. The Kier molecular flexibility index (Phi) is 5.80. The second-order valence-corrected chi connectivity index (χ2v) is 9.47. The molecule has 0 bridgehead atoms. The van der Waals surface area contributed by atoms with E-state index in [0.29, 0.717) is 28.4 Å². The van der Waals surface area contributed by atoms with Crippen LogP contribution in [0.15, 0.2) is 60.7 Å². The number of benzene rings is 3. The Labute approximate surface area is 223 Å². The molecule has 3 aromatic carbocycles. The van der Waals surface area contributed by atoms with Crippen molar-refractivity contribution in [3.05, 3.63) is 77.4 Å². The van der Waals surface area contributed by atoms with Gasteiger partial charge in [0.1, 0.15) is 23.2 Å². The first-order chi connectivity index (χ1) is 18.9. The molecule has 10 heteroatoms. The molecule has 1 aliphatic carbocycles. The van der Waals surface area contributed by atoms with E-state index in [1.54, 1.807) is 30.3 Å². The lowest BCUT2D eigenvalue weighted by molar-refractivity contribution is -0.177. The fourth-order valence-corrected chi connectivity index (χ4v) is 6.41. The third kappa shape index (κ3) is 3.24. The highest BCUT2D eigenvalue weighted by Gasteiger charge is 2.79. The van der Waals surface area contributed by atoms with Crippen LogP contribution in [0.2, 0.25) is 0 Å². The van der Waals surface area contributed by atoms with Gasteiger partial charge < -0.3 is 38.3 Å². The molecule has 0 spiro atoms.